The van der Waals surface area contributed by atoms with Crippen molar-refractivity contribution in [2.75, 3.05) is 6.61 Å². The van der Waals surface area contributed by atoms with Crippen LogP contribution < -0.4 is 10.1 Å². The van der Waals surface area contributed by atoms with Gasteiger partial charge in [-0.05, 0) is 42.5 Å². The van der Waals surface area contributed by atoms with Gasteiger partial charge in [-0.15, -0.1) is 0 Å². The molecule has 1 aliphatic rings. The van der Waals surface area contributed by atoms with Gasteiger partial charge in [-0.25, -0.2) is 9.97 Å². The summed E-state index contributed by atoms with van der Waals surface area (Å²) >= 11 is 6.22. The maximum absolute atomic E-state index is 12.7. The first kappa shape index (κ1) is 16.8. The van der Waals surface area contributed by atoms with Crippen LogP contribution in [-0.2, 0) is 13.6 Å². The number of pyridine rings is 1. The fraction of sp³-hybridized carbons (Fsp3) is 0.316. The van der Waals surface area contributed by atoms with Gasteiger partial charge in [-0.2, -0.15) is 0 Å². The van der Waals surface area contributed by atoms with Gasteiger partial charge in [0.15, 0.2) is 0 Å². The summed E-state index contributed by atoms with van der Waals surface area (Å²) in [7, 11) is 1.95. The van der Waals surface area contributed by atoms with E-state index in [9.17, 15) is 4.79 Å². The minimum Gasteiger partial charge on any atom is -0.477 e. The number of hydrogen-bond acceptors (Lipinski definition) is 4. The van der Waals surface area contributed by atoms with Gasteiger partial charge >= 0.3 is 0 Å². The predicted octanol–water partition coefficient (Wildman–Crippen LogP) is 3.34. The van der Waals surface area contributed by atoms with Gasteiger partial charge in [0, 0.05) is 19.8 Å². The number of rotatable bonds is 6. The smallest absolute Gasteiger partial charge is 0.258 e. The molecule has 7 heteroatoms. The Kier molecular flexibility index (Phi) is 4.51. The van der Waals surface area contributed by atoms with E-state index in [-0.39, 0.29) is 11.5 Å². The maximum atomic E-state index is 12.7. The second kappa shape index (κ2) is 6.96. The Morgan fingerprint density at radius 3 is 3.00 bits per heavy atom. The van der Waals surface area contributed by atoms with Crippen molar-refractivity contribution in [1.29, 1.82) is 0 Å². The number of nitrogens with zero attached hydrogens (tertiary/aromatic N) is 3. The predicted molar refractivity (Wildman–Crippen MR) is 99.4 cm³/mol. The third-order valence-corrected chi connectivity index (χ3v) is 4.80. The lowest BCUT2D eigenvalue weighted by atomic mass is 10.2. The highest BCUT2D eigenvalue weighted by atomic mass is 35.5. The topological polar surface area (TPSA) is 69.0 Å². The van der Waals surface area contributed by atoms with Crippen LogP contribution in [0.5, 0.6) is 5.88 Å². The van der Waals surface area contributed by atoms with Crippen molar-refractivity contribution in [2.45, 2.75) is 19.4 Å². The molecule has 0 saturated heterocycles. The van der Waals surface area contributed by atoms with E-state index in [0.29, 0.717) is 30.0 Å². The Balaban J connectivity index is 1.48. The lowest BCUT2D eigenvalue weighted by Crippen LogP contribution is -2.24. The Bertz CT molecular complexity index is 965. The SMILES string of the molecule is Cn1cnc2cc(CNC(=O)c3c(Cl)ccnc3OCC3CC3)ccc21. The molecule has 1 N–H and O–H groups in total. The molecule has 0 bridgehead atoms. The summed E-state index contributed by atoms with van der Waals surface area (Å²) in [5.74, 6) is 0.564. The van der Waals surface area contributed by atoms with Crippen LogP contribution in [0.25, 0.3) is 11.0 Å². The lowest BCUT2D eigenvalue weighted by molar-refractivity contribution is 0.0945. The van der Waals surface area contributed by atoms with Crippen molar-refractivity contribution < 1.29 is 9.53 Å². The van der Waals surface area contributed by atoms with Crippen LogP contribution in [0.3, 0.4) is 0 Å². The standard InChI is InChI=1S/C19H19ClN4O2/c1-24-11-23-15-8-13(4-5-16(15)24)9-22-18(25)17-14(20)6-7-21-19(17)26-10-12-2-3-12/h4-8,11-12H,2-3,9-10H2,1H3,(H,22,25). The third-order valence-electron chi connectivity index (χ3n) is 4.49. The number of halogens is 1. The van der Waals surface area contributed by atoms with Crippen molar-refractivity contribution in [1.82, 2.24) is 19.9 Å². The Morgan fingerprint density at radius 1 is 1.35 bits per heavy atom. The quantitative estimate of drug-likeness (QED) is 0.722. The van der Waals surface area contributed by atoms with E-state index in [2.05, 4.69) is 15.3 Å². The van der Waals surface area contributed by atoms with E-state index >= 15 is 0 Å². The summed E-state index contributed by atoms with van der Waals surface area (Å²) in [4.78, 5) is 21.2. The van der Waals surface area contributed by atoms with Crippen LogP contribution in [-0.4, -0.2) is 27.0 Å². The molecular weight excluding hydrogens is 352 g/mol. The summed E-state index contributed by atoms with van der Waals surface area (Å²) in [6, 6.07) is 7.52. The molecule has 4 rings (SSSR count). The number of aryl methyl sites for hydroxylation is 1. The van der Waals surface area contributed by atoms with Crippen LogP contribution >= 0.6 is 11.6 Å². The largest absolute Gasteiger partial charge is 0.477 e. The summed E-state index contributed by atoms with van der Waals surface area (Å²) < 4.78 is 7.66. The molecule has 1 fully saturated rings. The molecule has 6 nitrogen and oxygen atoms in total. The van der Waals surface area contributed by atoms with Crippen molar-refractivity contribution in [2.24, 2.45) is 13.0 Å². The van der Waals surface area contributed by atoms with Crippen LogP contribution in [0, 0.1) is 5.92 Å². The maximum Gasteiger partial charge on any atom is 0.258 e. The first-order valence-electron chi connectivity index (χ1n) is 8.57. The van der Waals surface area contributed by atoms with Crippen molar-refractivity contribution >= 4 is 28.5 Å². The van der Waals surface area contributed by atoms with Gasteiger partial charge in [0.05, 0.1) is 29.0 Å². The van der Waals surface area contributed by atoms with E-state index in [1.807, 2.05) is 29.8 Å². The minimum atomic E-state index is -0.296. The van der Waals surface area contributed by atoms with Crippen LogP contribution in [0.1, 0.15) is 28.8 Å². The zero-order chi connectivity index (χ0) is 18.1. The molecule has 26 heavy (non-hydrogen) atoms. The van der Waals surface area contributed by atoms with E-state index in [0.717, 1.165) is 29.4 Å². The molecule has 2 heterocycles. The molecule has 0 spiro atoms. The van der Waals surface area contributed by atoms with Gasteiger partial charge in [0.2, 0.25) is 5.88 Å². The molecule has 0 radical (unpaired) electrons. The number of hydrogen-bond donors (Lipinski definition) is 1. The molecule has 134 valence electrons. The van der Waals surface area contributed by atoms with Gasteiger partial charge < -0.3 is 14.6 Å². The molecule has 2 aromatic heterocycles. The van der Waals surface area contributed by atoms with Gasteiger partial charge in [-0.1, -0.05) is 17.7 Å². The average molecular weight is 371 g/mol. The highest BCUT2D eigenvalue weighted by Gasteiger charge is 2.24. The monoisotopic (exact) mass is 370 g/mol. The molecular formula is C19H19ClN4O2. The number of nitrogens with one attached hydrogen (secondary N) is 1. The number of aromatic nitrogens is 3. The molecule has 1 amide bonds. The number of carbonyl (C=O) groups is 1. The fourth-order valence-corrected chi connectivity index (χ4v) is 3.00. The molecule has 1 aromatic carbocycles. The van der Waals surface area contributed by atoms with Crippen molar-refractivity contribution in [3.63, 3.8) is 0 Å². The molecule has 3 aromatic rings. The highest BCUT2D eigenvalue weighted by molar-refractivity contribution is 6.34. The van der Waals surface area contributed by atoms with E-state index in [4.69, 9.17) is 16.3 Å². The van der Waals surface area contributed by atoms with Crippen molar-refractivity contribution in [3.05, 3.63) is 52.9 Å². The van der Waals surface area contributed by atoms with Crippen LogP contribution in [0.15, 0.2) is 36.8 Å². The Labute approximate surface area is 156 Å². The summed E-state index contributed by atoms with van der Waals surface area (Å²) in [6.45, 7) is 0.947. The second-order valence-electron chi connectivity index (χ2n) is 6.59. The molecule has 0 atom stereocenters. The average Bonchev–Trinajstić information content (AvgIpc) is 3.40. The summed E-state index contributed by atoms with van der Waals surface area (Å²) in [6.07, 6.45) is 5.65. The van der Waals surface area contributed by atoms with Crippen molar-refractivity contribution in [3.8, 4) is 5.88 Å². The van der Waals surface area contributed by atoms with Crippen LogP contribution in [0.2, 0.25) is 5.02 Å². The van der Waals surface area contributed by atoms with Gasteiger partial charge in [0.1, 0.15) is 5.56 Å². The molecule has 1 aliphatic carbocycles. The van der Waals surface area contributed by atoms with E-state index < -0.39 is 0 Å². The number of benzene rings is 1. The lowest BCUT2D eigenvalue weighted by Gasteiger charge is -2.12. The highest BCUT2D eigenvalue weighted by Crippen LogP contribution is 2.31. The fourth-order valence-electron chi connectivity index (χ4n) is 2.78. The summed E-state index contributed by atoms with van der Waals surface area (Å²) in [5, 5.41) is 3.23. The molecule has 0 unspecified atom stereocenters. The number of carbonyl (C=O) groups excluding carboxylic acids is 1. The van der Waals surface area contributed by atoms with Gasteiger partial charge in [0.25, 0.3) is 5.91 Å². The normalized spacial score (nSPS) is 13.8. The van der Waals surface area contributed by atoms with E-state index in [1.165, 1.54) is 0 Å². The number of imidazole rings is 1. The number of fused-ring (bicyclic) bond motifs is 1. The zero-order valence-electron chi connectivity index (χ0n) is 14.4. The van der Waals surface area contributed by atoms with Gasteiger partial charge in [-0.3, -0.25) is 4.79 Å². The van der Waals surface area contributed by atoms with E-state index in [1.54, 1.807) is 18.6 Å². The Morgan fingerprint density at radius 2 is 2.19 bits per heavy atom. The Hall–Kier alpha value is -2.60. The minimum absolute atomic E-state index is 0.286. The molecule has 1 saturated carbocycles. The number of amides is 1. The first-order chi connectivity index (χ1) is 12.6. The summed E-state index contributed by atoms with van der Waals surface area (Å²) in [5.41, 5.74) is 3.19. The number of ether oxygens (including phenoxy) is 1. The zero-order valence-corrected chi connectivity index (χ0v) is 15.2. The first-order valence-corrected chi connectivity index (χ1v) is 8.95. The third kappa shape index (κ3) is 3.51. The van der Waals surface area contributed by atoms with Crippen LogP contribution in [0.4, 0.5) is 0 Å². The molecule has 0 aliphatic heterocycles. The second-order valence-corrected chi connectivity index (χ2v) is 7.00.